The minimum atomic E-state index is -3.03. The lowest BCUT2D eigenvalue weighted by Gasteiger charge is -2.13. The predicted molar refractivity (Wildman–Crippen MR) is 101 cm³/mol. The van der Waals surface area contributed by atoms with Crippen molar-refractivity contribution in [2.24, 2.45) is 0 Å². The van der Waals surface area contributed by atoms with Crippen LogP contribution in [0.1, 0.15) is 0 Å². The molecule has 3 rings (SSSR count). The minimum absolute atomic E-state index is 0.0611. The van der Waals surface area contributed by atoms with Crippen LogP contribution in [0.3, 0.4) is 0 Å². The molecule has 0 saturated heterocycles. The van der Waals surface area contributed by atoms with Crippen LogP contribution in [0.4, 0.5) is 14.5 Å². The highest BCUT2D eigenvalue weighted by molar-refractivity contribution is 5.92. The maximum Gasteiger partial charge on any atom is 0.387 e. The second kappa shape index (κ2) is 8.55. The molecule has 1 N–H and O–H groups in total. The van der Waals surface area contributed by atoms with Gasteiger partial charge in [-0.2, -0.15) is 8.78 Å². The van der Waals surface area contributed by atoms with Crippen molar-refractivity contribution in [1.82, 2.24) is 9.55 Å². The number of ether oxygens (including phenoxy) is 3. The smallest absolute Gasteiger partial charge is 0.387 e. The number of alkyl halides is 2. The molecule has 0 spiro atoms. The lowest BCUT2D eigenvalue weighted by Crippen LogP contribution is -2.28. The van der Waals surface area contributed by atoms with Gasteiger partial charge >= 0.3 is 6.61 Å². The van der Waals surface area contributed by atoms with E-state index in [1.165, 1.54) is 44.8 Å². The van der Waals surface area contributed by atoms with Gasteiger partial charge in [0.1, 0.15) is 12.3 Å². The first kappa shape index (κ1) is 20.1. The van der Waals surface area contributed by atoms with Crippen LogP contribution in [0, 0.1) is 0 Å². The summed E-state index contributed by atoms with van der Waals surface area (Å²) >= 11 is 0. The van der Waals surface area contributed by atoms with Gasteiger partial charge in [-0.3, -0.25) is 14.2 Å². The quantitative estimate of drug-likeness (QED) is 0.650. The van der Waals surface area contributed by atoms with Gasteiger partial charge in [0, 0.05) is 6.07 Å². The van der Waals surface area contributed by atoms with Crippen molar-refractivity contribution in [1.29, 1.82) is 0 Å². The number of para-hydroxylation sites is 2. The number of hydrogen-bond acceptors (Lipinski definition) is 6. The number of carbonyl (C=O) groups excluding carboxylic acids is 1. The Kier molecular flexibility index (Phi) is 5.91. The maximum atomic E-state index is 12.7. The van der Waals surface area contributed by atoms with E-state index in [9.17, 15) is 18.4 Å². The Morgan fingerprint density at radius 3 is 2.52 bits per heavy atom. The zero-order valence-electron chi connectivity index (χ0n) is 15.5. The van der Waals surface area contributed by atoms with E-state index in [0.29, 0.717) is 17.0 Å². The highest BCUT2D eigenvalue weighted by Gasteiger charge is 2.15. The SMILES string of the molecule is COc1cc2ncn(CC(=O)Nc3ccccc3OC(F)F)c(=O)c2cc1OC. The summed E-state index contributed by atoms with van der Waals surface area (Å²) in [5.41, 5.74) is -0.0331. The Bertz CT molecular complexity index is 1100. The summed E-state index contributed by atoms with van der Waals surface area (Å²) in [5, 5.41) is 2.69. The summed E-state index contributed by atoms with van der Waals surface area (Å²) < 4.78 is 40.8. The predicted octanol–water partition coefficient (Wildman–Crippen LogP) is 2.65. The summed E-state index contributed by atoms with van der Waals surface area (Å²) in [5.74, 6) is -0.0343. The molecule has 0 aliphatic carbocycles. The molecule has 29 heavy (non-hydrogen) atoms. The average molecular weight is 405 g/mol. The molecule has 0 radical (unpaired) electrons. The molecular formula is C19H17F2N3O5. The van der Waals surface area contributed by atoms with E-state index in [4.69, 9.17) is 9.47 Å². The van der Waals surface area contributed by atoms with Crippen molar-refractivity contribution in [3.8, 4) is 17.2 Å². The molecule has 0 bridgehead atoms. The van der Waals surface area contributed by atoms with Crippen molar-refractivity contribution in [2.45, 2.75) is 13.2 Å². The zero-order chi connectivity index (χ0) is 21.0. The van der Waals surface area contributed by atoms with Gasteiger partial charge in [-0.05, 0) is 18.2 Å². The number of benzene rings is 2. The average Bonchev–Trinajstić information content (AvgIpc) is 2.70. The van der Waals surface area contributed by atoms with E-state index in [1.807, 2.05) is 0 Å². The normalized spacial score (nSPS) is 10.8. The van der Waals surface area contributed by atoms with Crippen molar-refractivity contribution in [3.63, 3.8) is 0 Å². The number of nitrogens with zero attached hydrogens (tertiary/aromatic N) is 2. The number of fused-ring (bicyclic) bond motifs is 1. The lowest BCUT2D eigenvalue weighted by atomic mass is 10.2. The number of anilines is 1. The first-order valence-corrected chi connectivity index (χ1v) is 8.37. The van der Waals surface area contributed by atoms with E-state index in [1.54, 1.807) is 12.1 Å². The first-order chi connectivity index (χ1) is 13.9. The molecule has 8 nitrogen and oxygen atoms in total. The monoisotopic (exact) mass is 405 g/mol. The second-order valence-electron chi connectivity index (χ2n) is 5.82. The van der Waals surface area contributed by atoms with Crippen LogP contribution in [-0.2, 0) is 11.3 Å². The third kappa shape index (κ3) is 4.42. The topological polar surface area (TPSA) is 91.7 Å². The fourth-order valence-corrected chi connectivity index (χ4v) is 2.71. The van der Waals surface area contributed by atoms with E-state index >= 15 is 0 Å². The molecule has 0 aliphatic rings. The van der Waals surface area contributed by atoms with Gasteiger partial charge in [-0.25, -0.2) is 4.98 Å². The van der Waals surface area contributed by atoms with Crippen LogP contribution >= 0.6 is 0 Å². The van der Waals surface area contributed by atoms with Gasteiger partial charge in [0.2, 0.25) is 5.91 Å². The summed E-state index contributed by atoms with van der Waals surface area (Å²) in [4.78, 5) is 29.2. The van der Waals surface area contributed by atoms with E-state index < -0.39 is 18.1 Å². The molecule has 10 heteroatoms. The Balaban J connectivity index is 1.86. The number of nitrogens with one attached hydrogen (secondary N) is 1. The van der Waals surface area contributed by atoms with Gasteiger partial charge in [0.25, 0.3) is 5.56 Å². The fraction of sp³-hybridized carbons (Fsp3) is 0.211. The van der Waals surface area contributed by atoms with E-state index in [-0.39, 0.29) is 23.4 Å². The van der Waals surface area contributed by atoms with Crippen LogP contribution in [0.25, 0.3) is 10.9 Å². The Morgan fingerprint density at radius 2 is 1.83 bits per heavy atom. The summed E-state index contributed by atoms with van der Waals surface area (Å²) in [6.45, 7) is -3.41. The molecule has 0 saturated carbocycles. The highest BCUT2D eigenvalue weighted by Crippen LogP contribution is 2.30. The van der Waals surface area contributed by atoms with Gasteiger partial charge in [-0.15, -0.1) is 0 Å². The van der Waals surface area contributed by atoms with Crippen molar-refractivity contribution in [2.75, 3.05) is 19.5 Å². The molecule has 3 aromatic rings. The number of amides is 1. The Labute approximate surface area is 163 Å². The molecule has 1 aromatic heterocycles. The summed E-state index contributed by atoms with van der Waals surface area (Å²) in [7, 11) is 2.90. The van der Waals surface area contributed by atoms with Crippen LogP contribution in [0.5, 0.6) is 17.2 Å². The highest BCUT2D eigenvalue weighted by atomic mass is 19.3. The molecule has 2 aromatic carbocycles. The first-order valence-electron chi connectivity index (χ1n) is 8.37. The molecule has 0 unspecified atom stereocenters. The number of carbonyl (C=O) groups is 1. The van der Waals surface area contributed by atoms with Gasteiger partial charge in [0.15, 0.2) is 11.5 Å². The maximum absolute atomic E-state index is 12.7. The zero-order valence-corrected chi connectivity index (χ0v) is 15.5. The van der Waals surface area contributed by atoms with Crippen molar-refractivity contribution >= 4 is 22.5 Å². The third-order valence-electron chi connectivity index (χ3n) is 4.02. The van der Waals surface area contributed by atoms with E-state index in [0.717, 1.165) is 4.57 Å². The number of rotatable bonds is 7. The largest absolute Gasteiger partial charge is 0.493 e. The lowest BCUT2D eigenvalue weighted by molar-refractivity contribution is -0.116. The Morgan fingerprint density at radius 1 is 1.14 bits per heavy atom. The van der Waals surface area contributed by atoms with Crippen molar-refractivity contribution in [3.05, 3.63) is 53.1 Å². The van der Waals surface area contributed by atoms with Gasteiger partial charge in [0.05, 0.1) is 37.1 Å². The number of aromatic nitrogens is 2. The number of hydrogen-bond donors (Lipinski definition) is 1. The van der Waals surface area contributed by atoms with Crippen LogP contribution in [-0.4, -0.2) is 36.3 Å². The van der Waals surface area contributed by atoms with Crippen LogP contribution in [0.2, 0.25) is 0 Å². The van der Waals surface area contributed by atoms with Gasteiger partial charge in [-0.1, -0.05) is 12.1 Å². The number of halogens is 2. The number of methoxy groups -OCH3 is 2. The Hall–Kier alpha value is -3.69. The third-order valence-corrected chi connectivity index (χ3v) is 4.02. The van der Waals surface area contributed by atoms with Gasteiger partial charge < -0.3 is 19.5 Å². The molecule has 0 aliphatic heterocycles. The molecule has 1 heterocycles. The summed E-state index contributed by atoms with van der Waals surface area (Å²) in [6.07, 6.45) is 1.22. The molecule has 0 fully saturated rings. The molecular weight excluding hydrogens is 388 g/mol. The van der Waals surface area contributed by atoms with Crippen LogP contribution in [0.15, 0.2) is 47.5 Å². The minimum Gasteiger partial charge on any atom is -0.493 e. The second-order valence-corrected chi connectivity index (χ2v) is 5.82. The summed E-state index contributed by atoms with van der Waals surface area (Å²) in [6, 6.07) is 8.78. The van der Waals surface area contributed by atoms with Crippen LogP contribution < -0.4 is 25.1 Å². The fourth-order valence-electron chi connectivity index (χ4n) is 2.71. The van der Waals surface area contributed by atoms with Crippen molar-refractivity contribution < 1.29 is 27.8 Å². The molecule has 152 valence electrons. The van der Waals surface area contributed by atoms with E-state index in [2.05, 4.69) is 15.0 Å². The molecule has 1 amide bonds. The molecule has 0 atom stereocenters. The standard InChI is InChI=1S/C19H17F2N3O5/c1-27-15-7-11-13(8-16(15)28-2)22-10-24(18(11)26)9-17(25)23-12-5-3-4-6-14(12)29-19(20)21/h3-8,10,19H,9H2,1-2H3,(H,23,25).